The van der Waals surface area contributed by atoms with Crippen LogP contribution in [0.25, 0.3) is 0 Å². The minimum absolute atomic E-state index is 0.0134. The lowest BCUT2D eigenvalue weighted by Gasteiger charge is -2.31. The zero-order chi connectivity index (χ0) is 21.1. The van der Waals surface area contributed by atoms with Gasteiger partial charge in [-0.1, -0.05) is 35.9 Å². The van der Waals surface area contributed by atoms with Crippen LogP contribution in [-0.4, -0.2) is 41.4 Å². The lowest BCUT2D eigenvalue weighted by molar-refractivity contribution is -0.138. The van der Waals surface area contributed by atoms with E-state index in [0.29, 0.717) is 18.0 Å². The third-order valence-corrected chi connectivity index (χ3v) is 5.56. The van der Waals surface area contributed by atoms with Crippen molar-refractivity contribution in [1.82, 2.24) is 20.7 Å². The van der Waals surface area contributed by atoms with Gasteiger partial charge in [-0.25, -0.2) is 5.43 Å². The molecule has 0 radical (unpaired) electrons. The minimum Gasteiger partial charge on any atom is -0.497 e. The highest BCUT2D eigenvalue weighted by molar-refractivity contribution is 6.30. The molecular weight excluding hydrogens is 404 g/mol. The zero-order valence-electron chi connectivity index (χ0n) is 16.5. The first kappa shape index (κ1) is 20.3. The van der Waals surface area contributed by atoms with Crippen LogP contribution in [0.4, 0.5) is 0 Å². The van der Waals surface area contributed by atoms with Crippen molar-refractivity contribution in [2.24, 2.45) is 0 Å². The highest BCUT2D eigenvalue weighted by atomic mass is 35.5. The van der Waals surface area contributed by atoms with Crippen LogP contribution in [0.2, 0.25) is 5.02 Å². The number of methoxy groups -OCH3 is 1. The molecule has 2 amide bonds. The van der Waals surface area contributed by atoms with E-state index in [2.05, 4.69) is 10.7 Å². The number of carbonyl (C=O) groups is 2. The normalized spacial score (nSPS) is 20.3. The first-order chi connectivity index (χ1) is 14.5. The number of benzene rings is 2. The summed E-state index contributed by atoms with van der Waals surface area (Å²) < 4.78 is 5.20. The number of nitrogens with one attached hydrogen (secondary N) is 2. The van der Waals surface area contributed by atoms with E-state index in [1.165, 1.54) is 4.90 Å². The van der Waals surface area contributed by atoms with Gasteiger partial charge in [0.25, 0.3) is 5.91 Å². The Morgan fingerprint density at radius 1 is 1.17 bits per heavy atom. The van der Waals surface area contributed by atoms with Crippen molar-refractivity contribution >= 4 is 23.4 Å². The predicted molar refractivity (Wildman–Crippen MR) is 113 cm³/mol. The average molecular weight is 427 g/mol. The maximum absolute atomic E-state index is 12.9. The number of hydrogen-bond donors (Lipinski definition) is 2. The zero-order valence-corrected chi connectivity index (χ0v) is 17.3. The molecular formula is C22H23ClN4O3. The summed E-state index contributed by atoms with van der Waals surface area (Å²) in [5.41, 5.74) is 5.38. The molecule has 7 nitrogen and oxygen atoms in total. The number of hydrogen-bond acceptors (Lipinski definition) is 5. The van der Waals surface area contributed by atoms with Gasteiger partial charge in [-0.2, -0.15) is 0 Å². The van der Waals surface area contributed by atoms with Crippen molar-refractivity contribution in [2.75, 3.05) is 13.7 Å². The van der Waals surface area contributed by atoms with Gasteiger partial charge in [0.1, 0.15) is 18.3 Å². The van der Waals surface area contributed by atoms with Crippen molar-refractivity contribution < 1.29 is 14.3 Å². The molecule has 2 unspecified atom stereocenters. The summed E-state index contributed by atoms with van der Waals surface area (Å²) in [5, 5.41) is 5.31. The predicted octanol–water partition coefficient (Wildman–Crippen LogP) is 2.60. The van der Waals surface area contributed by atoms with Crippen LogP contribution in [0.3, 0.4) is 0 Å². The summed E-state index contributed by atoms with van der Waals surface area (Å²) in [7, 11) is 1.63. The van der Waals surface area contributed by atoms with Crippen molar-refractivity contribution in [3.05, 3.63) is 77.1 Å². The third kappa shape index (κ3) is 4.42. The van der Waals surface area contributed by atoms with E-state index in [9.17, 15) is 9.59 Å². The Labute approximate surface area is 180 Å². The van der Waals surface area contributed by atoms with Gasteiger partial charge in [-0.3, -0.25) is 9.59 Å². The molecule has 8 heteroatoms. The number of fused-ring (bicyclic) bond motifs is 1. The maximum Gasteiger partial charge on any atom is 0.251 e. The molecule has 0 aliphatic carbocycles. The van der Waals surface area contributed by atoms with Gasteiger partial charge < -0.3 is 20.0 Å². The Morgan fingerprint density at radius 3 is 2.60 bits per heavy atom. The largest absolute Gasteiger partial charge is 0.497 e. The van der Waals surface area contributed by atoms with Gasteiger partial charge in [0, 0.05) is 24.0 Å². The monoisotopic (exact) mass is 426 g/mol. The van der Waals surface area contributed by atoms with Crippen molar-refractivity contribution in [3.8, 4) is 5.75 Å². The van der Waals surface area contributed by atoms with Gasteiger partial charge in [0.15, 0.2) is 0 Å². The highest BCUT2D eigenvalue weighted by Crippen LogP contribution is 2.31. The Hall–Kier alpha value is -3.03. The quantitative estimate of drug-likeness (QED) is 0.742. The summed E-state index contributed by atoms with van der Waals surface area (Å²) in [6.07, 6.45) is 4.07. The molecule has 156 valence electrons. The molecule has 2 aromatic rings. The Bertz CT molecular complexity index is 946. The van der Waals surface area contributed by atoms with E-state index in [-0.39, 0.29) is 30.4 Å². The molecule has 1 saturated heterocycles. The maximum atomic E-state index is 12.9. The number of nitrogens with zero attached hydrogens (tertiary/aromatic N) is 2. The fraction of sp³-hybridized carbons (Fsp3) is 0.273. The summed E-state index contributed by atoms with van der Waals surface area (Å²) in [6.45, 7) is 0.374. The second-order valence-corrected chi connectivity index (χ2v) is 7.72. The van der Waals surface area contributed by atoms with Gasteiger partial charge in [-0.15, -0.1) is 0 Å². The first-order valence-corrected chi connectivity index (χ1v) is 10.1. The van der Waals surface area contributed by atoms with E-state index >= 15 is 0 Å². The summed E-state index contributed by atoms with van der Waals surface area (Å²) in [6, 6.07) is 14.7. The molecule has 0 bridgehead atoms. The Kier molecular flexibility index (Phi) is 5.92. The van der Waals surface area contributed by atoms with E-state index in [1.807, 2.05) is 47.6 Å². The molecule has 30 heavy (non-hydrogen) atoms. The van der Waals surface area contributed by atoms with Gasteiger partial charge >= 0.3 is 0 Å². The van der Waals surface area contributed by atoms with Crippen molar-refractivity contribution in [1.29, 1.82) is 0 Å². The van der Waals surface area contributed by atoms with Gasteiger partial charge in [-0.05, 0) is 41.8 Å². The molecule has 1 fully saturated rings. The average Bonchev–Trinajstić information content (AvgIpc) is 3.21. The molecule has 0 spiro atoms. The third-order valence-electron chi connectivity index (χ3n) is 5.31. The topological polar surface area (TPSA) is 73.9 Å². The number of amides is 2. The Balaban J connectivity index is 1.33. The van der Waals surface area contributed by atoms with Crippen LogP contribution in [-0.2, 0) is 16.1 Å². The van der Waals surface area contributed by atoms with E-state index < -0.39 is 0 Å². The SMILES string of the molecule is COc1ccc(C2CC3C(=O)N(CC(=O)NCc4ccc(Cl)cc4)C=CN3N2)cc1. The summed E-state index contributed by atoms with van der Waals surface area (Å²) >= 11 is 5.87. The molecule has 0 saturated carbocycles. The molecule has 4 rings (SSSR count). The molecule has 2 aliphatic heterocycles. The van der Waals surface area contributed by atoms with Crippen LogP contribution in [0, 0.1) is 0 Å². The van der Waals surface area contributed by atoms with Crippen molar-refractivity contribution in [3.63, 3.8) is 0 Å². The smallest absolute Gasteiger partial charge is 0.251 e. The summed E-state index contributed by atoms with van der Waals surface area (Å²) in [4.78, 5) is 26.7. The molecule has 0 aromatic heterocycles. The van der Waals surface area contributed by atoms with Crippen LogP contribution in [0.1, 0.15) is 23.6 Å². The van der Waals surface area contributed by atoms with Crippen LogP contribution in [0.5, 0.6) is 5.75 Å². The van der Waals surface area contributed by atoms with Crippen LogP contribution in [0.15, 0.2) is 60.9 Å². The molecule has 2 atom stereocenters. The second-order valence-electron chi connectivity index (χ2n) is 7.28. The van der Waals surface area contributed by atoms with Crippen LogP contribution < -0.4 is 15.5 Å². The second kappa shape index (κ2) is 8.77. The lowest BCUT2D eigenvalue weighted by Crippen LogP contribution is -2.50. The molecule has 2 aromatic carbocycles. The summed E-state index contributed by atoms with van der Waals surface area (Å²) in [5.74, 6) is 0.484. The van der Waals surface area contributed by atoms with Crippen molar-refractivity contribution in [2.45, 2.75) is 25.0 Å². The fourth-order valence-corrected chi connectivity index (χ4v) is 3.76. The number of rotatable bonds is 6. The molecule has 2 heterocycles. The fourth-order valence-electron chi connectivity index (χ4n) is 3.63. The number of carbonyl (C=O) groups excluding carboxylic acids is 2. The number of hydrazine groups is 1. The van der Waals surface area contributed by atoms with Crippen LogP contribution >= 0.6 is 11.6 Å². The van der Waals surface area contributed by atoms with Gasteiger partial charge in [0.05, 0.1) is 13.2 Å². The molecule has 2 N–H and O–H groups in total. The number of ether oxygens (including phenoxy) is 1. The lowest BCUT2D eigenvalue weighted by atomic mass is 10.0. The first-order valence-electron chi connectivity index (χ1n) is 9.72. The number of halogens is 1. The van der Waals surface area contributed by atoms with E-state index in [1.54, 1.807) is 25.4 Å². The standard InChI is InChI=1S/C22H23ClN4O3/c1-30-18-8-4-16(5-9-18)19-12-20-22(29)26(10-11-27(20)25-19)14-21(28)24-13-15-2-6-17(23)7-3-15/h2-11,19-20,25H,12-14H2,1H3,(H,24,28). The van der Waals surface area contributed by atoms with E-state index in [0.717, 1.165) is 16.9 Å². The van der Waals surface area contributed by atoms with E-state index in [4.69, 9.17) is 16.3 Å². The Morgan fingerprint density at radius 2 is 1.90 bits per heavy atom. The molecule has 2 aliphatic rings. The van der Waals surface area contributed by atoms with Gasteiger partial charge in [0.2, 0.25) is 5.91 Å². The minimum atomic E-state index is -0.342. The highest BCUT2D eigenvalue weighted by Gasteiger charge is 2.40.